The van der Waals surface area contributed by atoms with E-state index in [4.69, 9.17) is 32.7 Å². The molecule has 0 unspecified atom stereocenters. The summed E-state index contributed by atoms with van der Waals surface area (Å²) in [5.74, 6) is 0.458. The molecule has 13 nitrogen and oxygen atoms in total. The Balaban J connectivity index is 1.67. The predicted molar refractivity (Wildman–Crippen MR) is 144 cm³/mol. The minimum atomic E-state index is -3.96. The number of pyridine rings is 2. The molecule has 1 aromatic carbocycles. The maximum absolute atomic E-state index is 13.4. The van der Waals surface area contributed by atoms with E-state index < -0.39 is 45.7 Å². The van der Waals surface area contributed by atoms with Gasteiger partial charge in [-0.1, -0.05) is 12.1 Å². The zero-order chi connectivity index (χ0) is 29.1. The molecule has 0 aliphatic carbocycles. The van der Waals surface area contributed by atoms with Gasteiger partial charge in [-0.15, -0.1) is 0 Å². The molecule has 40 heavy (non-hydrogen) atoms. The largest absolute Gasteiger partial charge is 0.510 e. The maximum atomic E-state index is 13.4. The van der Waals surface area contributed by atoms with Crippen LogP contribution in [0.25, 0.3) is 11.0 Å². The standard InChI is InChI=1S/C26H32N3O10P/c1-17(2)38-25(30)34-15-36-40(32,37-16-35-26(31)39-18(3)4)14-19-6-8-20(9-7-19)28-22-12-13-27-24-21(22)10-11-23(29-24)33-5/h6-13,17-18H,14-16H2,1-5H3,(H,27,28,29). The third-order valence-electron chi connectivity index (χ3n) is 4.91. The molecule has 1 N–H and O–H groups in total. The van der Waals surface area contributed by atoms with Crippen molar-refractivity contribution < 1.29 is 46.9 Å². The van der Waals surface area contributed by atoms with Crippen LogP contribution in [0.5, 0.6) is 5.88 Å². The van der Waals surface area contributed by atoms with Crippen molar-refractivity contribution in [1.29, 1.82) is 0 Å². The summed E-state index contributed by atoms with van der Waals surface area (Å²) in [6.45, 7) is 5.18. The number of anilines is 2. The summed E-state index contributed by atoms with van der Waals surface area (Å²) in [5.41, 5.74) is 2.62. The highest BCUT2D eigenvalue weighted by Gasteiger charge is 2.27. The van der Waals surface area contributed by atoms with E-state index in [0.29, 0.717) is 17.1 Å². The second kappa shape index (κ2) is 14.5. The molecular formula is C26H32N3O10P. The van der Waals surface area contributed by atoms with Crippen molar-refractivity contribution in [3.8, 4) is 5.88 Å². The molecule has 0 atom stereocenters. The highest BCUT2D eigenvalue weighted by Crippen LogP contribution is 2.51. The van der Waals surface area contributed by atoms with Crippen LogP contribution in [0.4, 0.5) is 21.0 Å². The Kier molecular flexibility index (Phi) is 11.1. The molecule has 0 bridgehead atoms. The Hall–Kier alpha value is -3.93. The summed E-state index contributed by atoms with van der Waals surface area (Å²) in [7, 11) is -2.42. The Morgan fingerprint density at radius 2 is 1.48 bits per heavy atom. The van der Waals surface area contributed by atoms with Gasteiger partial charge in [0.1, 0.15) is 0 Å². The van der Waals surface area contributed by atoms with Crippen LogP contribution in [0.3, 0.4) is 0 Å². The van der Waals surface area contributed by atoms with Crippen LogP contribution >= 0.6 is 7.60 Å². The number of methoxy groups -OCH3 is 1. The predicted octanol–water partition coefficient (Wildman–Crippen LogP) is 6.15. The number of hydrogen-bond acceptors (Lipinski definition) is 13. The summed E-state index contributed by atoms with van der Waals surface area (Å²) in [6.07, 6.45) is -1.38. The highest BCUT2D eigenvalue weighted by atomic mass is 31.2. The van der Waals surface area contributed by atoms with Gasteiger partial charge in [-0.05, 0) is 57.5 Å². The molecule has 216 valence electrons. The molecule has 0 aliphatic heterocycles. The van der Waals surface area contributed by atoms with E-state index in [1.807, 2.05) is 12.1 Å². The van der Waals surface area contributed by atoms with Crippen LogP contribution in [0.2, 0.25) is 0 Å². The van der Waals surface area contributed by atoms with Gasteiger partial charge in [0.25, 0.3) is 0 Å². The highest BCUT2D eigenvalue weighted by molar-refractivity contribution is 7.53. The topological polar surface area (TPSA) is 154 Å². The monoisotopic (exact) mass is 577 g/mol. The zero-order valence-electron chi connectivity index (χ0n) is 22.8. The summed E-state index contributed by atoms with van der Waals surface area (Å²) in [5, 5.41) is 4.10. The van der Waals surface area contributed by atoms with Crippen molar-refractivity contribution in [2.45, 2.75) is 46.1 Å². The number of benzene rings is 1. The fourth-order valence-corrected chi connectivity index (χ4v) is 4.54. The van der Waals surface area contributed by atoms with Crippen molar-refractivity contribution in [2.24, 2.45) is 0 Å². The van der Waals surface area contributed by atoms with Crippen molar-refractivity contribution >= 4 is 42.3 Å². The van der Waals surface area contributed by atoms with Crippen molar-refractivity contribution in [2.75, 3.05) is 26.0 Å². The average molecular weight is 578 g/mol. The van der Waals surface area contributed by atoms with Gasteiger partial charge in [0.15, 0.2) is 5.65 Å². The molecule has 3 rings (SSSR count). The second-order valence-corrected chi connectivity index (χ2v) is 10.8. The van der Waals surface area contributed by atoms with Crippen molar-refractivity contribution in [3.63, 3.8) is 0 Å². The molecule has 0 spiro atoms. The minimum absolute atomic E-state index is 0.208. The smallest absolute Gasteiger partial charge is 0.481 e. The molecule has 0 amide bonds. The number of fused-ring (bicyclic) bond motifs is 1. The van der Waals surface area contributed by atoms with E-state index in [9.17, 15) is 14.2 Å². The molecule has 0 radical (unpaired) electrons. The Bertz CT molecular complexity index is 1300. The fourth-order valence-electron chi connectivity index (χ4n) is 3.20. The molecule has 0 saturated carbocycles. The van der Waals surface area contributed by atoms with Gasteiger partial charge in [0, 0.05) is 23.3 Å². The lowest BCUT2D eigenvalue weighted by atomic mass is 10.2. The number of hydrogen-bond donors (Lipinski definition) is 1. The van der Waals surface area contributed by atoms with Crippen molar-refractivity contribution in [1.82, 2.24) is 9.97 Å². The first-order valence-electron chi connectivity index (χ1n) is 12.3. The second-order valence-electron chi connectivity index (χ2n) is 8.79. The van der Waals surface area contributed by atoms with E-state index in [0.717, 1.165) is 16.8 Å². The minimum Gasteiger partial charge on any atom is -0.481 e. The molecule has 0 aliphatic rings. The number of ether oxygens (including phenoxy) is 5. The Morgan fingerprint density at radius 1 is 0.875 bits per heavy atom. The maximum Gasteiger partial charge on any atom is 0.510 e. The van der Waals surface area contributed by atoms with Crippen LogP contribution in [0.1, 0.15) is 33.3 Å². The third kappa shape index (κ3) is 9.67. The molecule has 14 heteroatoms. The molecule has 0 saturated heterocycles. The third-order valence-corrected chi connectivity index (χ3v) is 6.66. The first-order valence-corrected chi connectivity index (χ1v) is 14.0. The Morgan fingerprint density at radius 3 is 2.02 bits per heavy atom. The molecule has 3 aromatic rings. The van der Waals surface area contributed by atoms with Crippen molar-refractivity contribution in [3.05, 3.63) is 54.2 Å². The van der Waals surface area contributed by atoms with Gasteiger partial charge in [-0.2, -0.15) is 4.98 Å². The molecule has 2 heterocycles. The summed E-state index contributed by atoms with van der Waals surface area (Å²) >= 11 is 0. The lowest BCUT2D eigenvalue weighted by Crippen LogP contribution is -2.16. The van der Waals surface area contributed by atoms with Gasteiger partial charge in [0.2, 0.25) is 19.5 Å². The van der Waals surface area contributed by atoms with Gasteiger partial charge in [-0.3, -0.25) is 13.6 Å². The number of aromatic nitrogens is 2. The van der Waals surface area contributed by atoms with Gasteiger partial charge in [0.05, 0.1) is 31.2 Å². The van der Waals surface area contributed by atoms with Crippen LogP contribution in [0, 0.1) is 0 Å². The van der Waals surface area contributed by atoms with Crippen LogP contribution in [-0.2, 0) is 38.7 Å². The molecule has 2 aromatic heterocycles. The van der Waals surface area contributed by atoms with Crippen LogP contribution < -0.4 is 10.1 Å². The van der Waals surface area contributed by atoms with Gasteiger partial charge in [-0.25, -0.2) is 14.6 Å². The van der Waals surface area contributed by atoms with E-state index in [1.165, 1.54) is 7.11 Å². The van der Waals surface area contributed by atoms with E-state index >= 15 is 0 Å². The molecular weight excluding hydrogens is 545 g/mol. The summed E-state index contributed by atoms with van der Waals surface area (Å²) in [6, 6.07) is 12.4. The number of carbonyl (C=O) groups excluding carboxylic acids is 2. The molecule has 0 fully saturated rings. The lowest BCUT2D eigenvalue weighted by Gasteiger charge is -2.19. The normalized spacial score (nSPS) is 11.4. The van der Waals surface area contributed by atoms with Gasteiger partial charge < -0.3 is 29.0 Å². The first kappa shape index (κ1) is 30.6. The van der Waals surface area contributed by atoms with Crippen LogP contribution in [0.15, 0.2) is 48.7 Å². The summed E-state index contributed by atoms with van der Waals surface area (Å²) in [4.78, 5) is 31.9. The number of nitrogens with one attached hydrogen (secondary N) is 1. The average Bonchev–Trinajstić information content (AvgIpc) is 2.88. The first-order chi connectivity index (χ1) is 19.1. The fraction of sp³-hybridized carbons (Fsp3) is 0.385. The SMILES string of the molecule is COc1ccc2c(Nc3ccc(CP(=O)(OCOC(=O)OC(C)C)OCOC(=O)OC(C)C)cc3)ccnc2n1. The van der Waals surface area contributed by atoms with E-state index in [2.05, 4.69) is 15.3 Å². The Labute approximate surface area is 231 Å². The number of carbonyl (C=O) groups is 2. The number of nitrogens with zero attached hydrogens (tertiary/aromatic N) is 2. The summed E-state index contributed by atoms with van der Waals surface area (Å²) < 4.78 is 48.5. The van der Waals surface area contributed by atoms with E-state index in [1.54, 1.807) is 64.2 Å². The quantitative estimate of drug-likeness (QED) is 0.140. The lowest BCUT2D eigenvalue weighted by molar-refractivity contribution is -0.0304. The van der Waals surface area contributed by atoms with Crippen LogP contribution in [-0.4, -0.2) is 55.2 Å². The number of rotatable bonds is 13. The zero-order valence-corrected chi connectivity index (χ0v) is 23.7. The van der Waals surface area contributed by atoms with E-state index in [-0.39, 0.29) is 6.16 Å². The van der Waals surface area contributed by atoms with Gasteiger partial charge >= 0.3 is 19.9 Å².